The van der Waals surface area contributed by atoms with Crippen molar-refractivity contribution in [1.82, 2.24) is 9.97 Å². The number of hydrogen-bond acceptors (Lipinski definition) is 5. The summed E-state index contributed by atoms with van der Waals surface area (Å²) in [6.07, 6.45) is 1.31. The van der Waals surface area contributed by atoms with Crippen LogP contribution >= 0.6 is 0 Å². The van der Waals surface area contributed by atoms with Crippen LogP contribution in [0.1, 0.15) is 28.7 Å². The number of benzene rings is 1. The summed E-state index contributed by atoms with van der Waals surface area (Å²) in [6.45, 7) is 1.57. The molecule has 0 radical (unpaired) electrons. The maximum Gasteiger partial charge on any atom is 0.342 e. The molecule has 0 unspecified atom stereocenters. The van der Waals surface area contributed by atoms with Crippen LogP contribution < -0.4 is 9.86 Å². The van der Waals surface area contributed by atoms with Gasteiger partial charge in [0, 0.05) is 19.7 Å². The summed E-state index contributed by atoms with van der Waals surface area (Å²) in [6, 6.07) is 6.77. The van der Waals surface area contributed by atoms with E-state index in [1.165, 1.54) is 11.4 Å². The second kappa shape index (κ2) is 6.83. The fraction of sp³-hybridized carbons (Fsp3) is 0.267. The number of nitrogens with one attached hydrogen (secondary N) is 1. The molecule has 0 aliphatic carbocycles. The Hall–Kier alpha value is -2.68. The first-order chi connectivity index (χ1) is 11.2. The van der Waals surface area contributed by atoms with E-state index in [4.69, 9.17) is 5.11 Å². The Balaban J connectivity index is 2.19. The first-order valence-corrected chi connectivity index (χ1v) is 8.72. The monoisotopic (exact) mass is 351 g/mol. The Morgan fingerprint density at radius 3 is 2.42 bits per heavy atom. The zero-order valence-corrected chi connectivity index (χ0v) is 14.0. The third kappa shape index (κ3) is 3.80. The number of aromatic nitrogens is 2. The number of anilines is 1. The molecule has 1 aromatic heterocycles. The molecule has 0 atom stereocenters. The van der Waals surface area contributed by atoms with Crippen molar-refractivity contribution in [3.05, 3.63) is 57.8 Å². The normalized spacial score (nSPS) is 11.2. The third-order valence-electron chi connectivity index (χ3n) is 3.54. The number of aromatic carboxylic acids is 1. The average Bonchev–Trinajstić information content (AvgIpc) is 2.54. The van der Waals surface area contributed by atoms with Gasteiger partial charge in [0.2, 0.25) is 10.0 Å². The van der Waals surface area contributed by atoms with Gasteiger partial charge in [-0.25, -0.2) is 18.2 Å². The van der Waals surface area contributed by atoms with Crippen LogP contribution in [0.3, 0.4) is 0 Å². The van der Waals surface area contributed by atoms with Crippen LogP contribution in [0, 0.1) is 0 Å². The molecule has 2 N–H and O–H groups in total. The molecule has 128 valence electrons. The van der Waals surface area contributed by atoms with Crippen molar-refractivity contribution in [3.63, 3.8) is 0 Å². The van der Waals surface area contributed by atoms with Crippen LogP contribution in [0.4, 0.5) is 5.69 Å². The lowest BCUT2D eigenvalue weighted by molar-refractivity contribution is 0.0694. The van der Waals surface area contributed by atoms with E-state index in [-0.39, 0.29) is 5.75 Å². The van der Waals surface area contributed by atoms with Crippen molar-refractivity contribution >= 4 is 21.7 Å². The summed E-state index contributed by atoms with van der Waals surface area (Å²) >= 11 is 0. The summed E-state index contributed by atoms with van der Waals surface area (Å²) in [7, 11) is -1.84. The number of rotatable bonds is 6. The molecule has 1 aromatic carbocycles. The van der Waals surface area contributed by atoms with Crippen LogP contribution in [0.15, 0.2) is 35.3 Å². The Morgan fingerprint density at radius 1 is 1.29 bits per heavy atom. The predicted octanol–water partition coefficient (Wildman–Crippen LogP) is 0.845. The van der Waals surface area contributed by atoms with Crippen molar-refractivity contribution in [1.29, 1.82) is 0 Å². The van der Waals surface area contributed by atoms with E-state index in [2.05, 4.69) is 9.97 Å². The van der Waals surface area contributed by atoms with Gasteiger partial charge in [0.15, 0.2) is 0 Å². The van der Waals surface area contributed by atoms with E-state index in [9.17, 15) is 18.0 Å². The van der Waals surface area contributed by atoms with Gasteiger partial charge < -0.3 is 10.1 Å². The summed E-state index contributed by atoms with van der Waals surface area (Å²) in [5.74, 6) is -1.00. The van der Waals surface area contributed by atoms with Gasteiger partial charge in [-0.3, -0.25) is 9.10 Å². The lowest BCUT2D eigenvalue weighted by atomic mass is 10.1. The number of carboxylic acids is 1. The predicted molar refractivity (Wildman–Crippen MR) is 88.9 cm³/mol. The molecule has 8 nitrogen and oxygen atoms in total. The smallest absolute Gasteiger partial charge is 0.342 e. The fourth-order valence-corrected chi connectivity index (χ4v) is 2.88. The number of carboxylic acid groups (broad SMARTS) is 1. The molecule has 1 heterocycles. The first kappa shape index (κ1) is 17.7. The van der Waals surface area contributed by atoms with Crippen LogP contribution in [0.2, 0.25) is 0 Å². The highest BCUT2D eigenvalue weighted by molar-refractivity contribution is 7.92. The topological polar surface area (TPSA) is 120 Å². The molecule has 24 heavy (non-hydrogen) atoms. The zero-order chi connectivity index (χ0) is 17.9. The van der Waals surface area contributed by atoms with Crippen LogP contribution in [0.5, 0.6) is 0 Å². The lowest BCUT2D eigenvalue weighted by Crippen LogP contribution is -2.27. The van der Waals surface area contributed by atoms with Gasteiger partial charge in [0.05, 0.1) is 11.4 Å². The maximum atomic E-state index is 11.8. The summed E-state index contributed by atoms with van der Waals surface area (Å²) in [4.78, 5) is 28.7. The molecule has 0 bridgehead atoms. The number of sulfonamides is 1. The molecular formula is C15H17N3O5S. The molecule has 0 saturated carbocycles. The SMILES string of the molecule is CCS(=O)(=O)N(C)c1ccc(Cc2ncc(C(=O)O)c(=O)[nH]2)cc1. The van der Waals surface area contributed by atoms with Gasteiger partial charge in [-0.15, -0.1) is 0 Å². The van der Waals surface area contributed by atoms with Crippen molar-refractivity contribution in [2.75, 3.05) is 17.1 Å². The average molecular weight is 351 g/mol. The molecule has 2 aromatic rings. The fourth-order valence-electron chi connectivity index (χ4n) is 2.05. The second-order valence-electron chi connectivity index (χ2n) is 5.09. The number of aromatic amines is 1. The van der Waals surface area contributed by atoms with E-state index >= 15 is 0 Å². The van der Waals surface area contributed by atoms with Gasteiger partial charge in [-0.05, 0) is 24.6 Å². The van der Waals surface area contributed by atoms with Gasteiger partial charge in [-0.1, -0.05) is 12.1 Å². The molecule has 0 aliphatic rings. The van der Waals surface area contributed by atoms with E-state index in [0.717, 1.165) is 11.8 Å². The molecule has 0 aliphatic heterocycles. The van der Waals surface area contributed by atoms with Crippen molar-refractivity contribution in [2.24, 2.45) is 0 Å². The highest BCUT2D eigenvalue weighted by atomic mass is 32.2. The van der Waals surface area contributed by atoms with E-state index < -0.39 is 27.1 Å². The molecule has 0 spiro atoms. The van der Waals surface area contributed by atoms with Gasteiger partial charge in [-0.2, -0.15) is 0 Å². The van der Waals surface area contributed by atoms with Crippen molar-refractivity contribution < 1.29 is 18.3 Å². The van der Waals surface area contributed by atoms with Crippen LogP contribution in [0.25, 0.3) is 0 Å². The van der Waals surface area contributed by atoms with Crippen molar-refractivity contribution in [3.8, 4) is 0 Å². The lowest BCUT2D eigenvalue weighted by Gasteiger charge is -2.18. The van der Waals surface area contributed by atoms with Crippen LogP contribution in [-0.4, -0.2) is 42.3 Å². The molecule has 2 rings (SSSR count). The molecule has 0 fully saturated rings. The summed E-state index contributed by atoms with van der Waals surface area (Å²) in [5, 5.41) is 8.80. The number of H-pyrrole nitrogens is 1. The maximum absolute atomic E-state index is 11.8. The van der Waals surface area contributed by atoms with E-state index in [1.54, 1.807) is 31.2 Å². The Bertz CT molecular complexity index is 903. The summed E-state index contributed by atoms with van der Waals surface area (Å²) < 4.78 is 24.9. The highest BCUT2D eigenvalue weighted by Crippen LogP contribution is 2.18. The number of hydrogen-bond donors (Lipinski definition) is 2. The minimum atomic E-state index is -3.32. The zero-order valence-electron chi connectivity index (χ0n) is 13.2. The van der Waals surface area contributed by atoms with Crippen LogP contribution in [-0.2, 0) is 16.4 Å². The largest absolute Gasteiger partial charge is 0.477 e. The molecule has 0 saturated heterocycles. The summed E-state index contributed by atoms with van der Waals surface area (Å²) in [5.41, 5.74) is 0.203. The Labute approximate surface area is 138 Å². The van der Waals surface area contributed by atoms with E-state index in [1.807, 2.05) is 0 Å². The molecular weight excluding hydrogens is 334 g/mol. The highest BCUT2D eigenvalue weighted by Gasteiger charge is 2.15. The number of carbonyl (C=O) groups is 1. The first-order valence-electron chi connectivity index (χ1n) is 7.11. The van der Waals surface area contributed by atoms with Gasteiger partial charge in [0.1, 0.15) is 11.4 Å². The molecule has 9 heteroatoms. The Kier molecular flexibility index (Phi) is 5.03. The minimum Gasteiger partial charge on any atom is -0.477 e. The second-order valence-corrected chi connectivity index (χ2v) is 7.38. The number of nitrogens with zero attached hydrogens (tertiary/aromatic N) is 2. The Morgan fingerprint density at radius 2 is 1.92 bits per heavy atom. The standard InChI is InChI=1S/C15H17N3O5S/c1-3-24(22,23)18(2)11-6-4-10(5-7-11)8-13-16-9-12(15(20)21)14(19)17-13/h4-7,9H,3,8H2,1-2H3,(H,20,21)(H,16,17,19). The van der Waals surface area contributed by atoms with Crippen molar-refractivity contribution in [2.45, 2.75) is 13.3 Å². The van der Waals surface area contributed by atoms with Gasteiger partial charge in [0.25, 0.3) is 5.56 Å². The molecule has 0 amide bonds. The third-order valence-corrected chi connectivity index (χ3v) is 5.31. The van der Waals surface area contributed by atoms with Gasteiger partial charge >= 0.3 is 5.97 Å². The van der Waals surface area contributed by atoms with E-state index in [0.29, 0.717) is 17.9 Å². The quantitative estimate of drug-likeness (QED) is 0.796. The minimum absolute atomic E-state index is 0.00628.